The van der Waals surface area contributed by atoms with Gasteiger partial charge in [-0.2, -0.15) is 0 Å². The molecule has 7 heteroatoms. The molecule has 0 aliphatic rings. The molecule has 36 heavy (non-hydrogen) atoms. The lowest BCUT2D eigenvalue weighted by atomic mass is 10.1. The van der Waals surface area contributed by atoms with E-state index in [9.17, 15) is 10.0 Å². The number of aryl methyl sites for hydroxylation is 2. The molecule has 0 saturated carbocycles. The lowest BCUT2D eigenvalue weighted by molar-refractivity contribution is -0.0791. The van der Waals surface area contributed by atoms with Gasteiger partial charge in [0.05, 0.1) is 11.4 Å². The minimum Gasteiger partial charge on any atom is -0.465 e. The first-order valence-corrected chi connectivity index (χ1v) is 12.5. The Bertz CT molecular complexity index is 1070. The van der Waals surface area contributed by atoms with E-state index in [0.717, 1.165) is 36.3 Å². The number of hydrogen-bond donors (Lipinski definition) is 3. The number of urea groups is 1. The highest BCUT2D eigenvalue weighted by Crippen LogP contribution is 2.27. The van der Waals surface area contributed by atoms with Crippen LogP contribution in [0.5, 0.6) is 5.75 Å². The molecule has 0 fully saturated rings. The number of amides is 2. The van der Waals surface area contributed by atoms with Gasteiger partial charge in [0, 0.05) is 12.1 Å². The smallest absolute Gasteiger partial charge is 0.350 e. The average Bonchev–Trinajstić information content (AvgIpc) is 2.89. The van der Waals surface area contributed by atoms with Crippen LogP contribution >= 0.6 is 0 Å². The SMILES string of the molecule is CCCCCCC(OCNc1ccc(N(C(=O)NO)c2ccccc2)cc1)Oc1ccc(C)cc1C. The standard InChI is InChI=1S/C29H37N3O4/c1-4-5-6-10-13-28(36-27-19-14-22(2)20-23(27)3)35-21-30-24-15-17-26(18-16-24)32(29(33)31-34)25-11-8-7-9-12-25/h7-9,11-12,14-20,28,30,34H,4-6,10,13,21H2,1-3H3,(H,31,33). The fraction of sp³-hybridized carbons (Fsp3) is 0.345. The molecular formula is C29H37N3O4. The Morgan fingerprint density at radius 3 is 2.33 bits per heavy atom. The summed E-state index contributed by atoms with van der Waals surface area (Å²) in [6.07, 6.45) is 5.05. The van der Waals surface area contributed by atoms with E-state index in [2.05, 4.69) is 25.2 Å². The van der Waals surface area contributed by atoms with Gasteiger partial charge < -0.3 is 14.8 Å². The largest absolute Gasteiger partial charge is 0.465 e. The molecule has 3 aromatic rings. The zero-order chi connectivity index (χ0) is 25.8. The second-order valence-corrected chi connectivity index (χ2v) is 8.79. The first-order valence-electron chi connectivity index (χ1n) is 12.5. The monoisotopic (exact) mass is 491 g/mol. The van der Waals surface area contributed by atoms with Gasteiger partial charge in [-0.15, -0.1) is 0 Å². The number of benzene rings is 3. The first-order chi connectivity index (χ1) is 17.5. The van der Waals surface area contributed by atoms with Crippen LogP contribution in [0.15, 0.2) is 72.8 Å². The first kappa shape index (κ1) is 27.0. The van der Waals surface area contributed by atoms with Crippen LogP contribution in [0.2, 0.25) is 0 Å². The highest BCUT2D eigenvalue weighted by atomic mass is 16.7. The predicted octanol–water partition coefficient (Wildman–Crippen LogP) is 7.30. The molecule has 0 aliphatic carbocycles. The van der Waals surface area contributed by atoms with Gasteiger partial charge in [-0.1, -0.05) is 62.1 Å². The average molecular weight is 492 g/mol. The van der Waals surface area contributed by atoms with Crippen molar-refractivity contribution in [1.82, 2.24) is 5.48 Å². The number of carbonyl (C=O) groups excluding carboxylic acids is 1. The Morgan fingerprint density at radius 2 is 1.67 bits per heavy atom. The Balaban J connectivity index is 1.61. The van der Waals surface area contributed by atoms with E-state index in [1.54, 1.807) is 29.7 Å². The summed E-state index contributed by atoms with van der Waals surface area (Å²) in [5, 5.41) is 12.5. The summed E-state index contributed by atoms with van der Waals surface area (Å²) in [6.45, 7) is 6.60. The topological polar surface area (TPSA) is 83.1 Å². The summed E-state index contributed by atoms with van der Waals surface area (Å²) >= 11 is 0. The number of nitrogens with one attached hydrogen (secondary N) is 2. The van der Waals surface area contributed by atoms with E-state index < -0.39 is 6.03 Å². The number of nitrogens with zero attached hydrogens (tertiary/aromatic N) is 1. The Hall–Kier alpha value is -3.55. The van der Waals surface area contributed by atoms with Gasteiger partial charge in [-0.05, 0) is 68.3 Å². The lowest BCUT2D eigenvalue weighted by Gasteiger charge is -2.23. The van der Waals surface area contributed by atoms with Crippen molar-refractivity contribution in [1.29, 1.82) is 0 Å². The maximum atomic E-state index is 12.3. The van der Waals surface area contributed by atoms with Crippen molar-refractivity contribution < 1.29 is 19.5 Å². The zero-order valence-electron chi connectivity index (χ0n) is 21.4. The third-order valence-electron chi connectivity index (χ3n) is 5.87. The van der Waals surface area contributed by atoms with Crippen molar-refractivity contribution in [3.05, 3.63) is 83.9 Å². The second-order valence-electron chi connectivity index (χ2n) is 8.79. The van der Waals surface area contributed by atoms with E-state index in [1.165, 1.54) is 23.3 Å². The van der Waals surface area contributed by atoms with Crippen molar-refractivity contribution in [2.75, 3.05) is 16.9 Å². The minimum absolute atomic E-state index is 0.280. The summed E-state index contributed by atoms with van der Waals surface area (Å²) in [5.74, 6) is 0.841. The van der Waals surface area contributed by atoms with Crippen LogP contribution < -0.4 is 20.4 Å². The van der Waals surface area contributed by atoms with Crippen molar-refractivity contribution >= 4 is 23.1 Å². The molecule has 2 amide bonds. The number of para-hydroxylation sites is 1. The number of hydroxylamine groups is 1. The van der Waals surface area contributed by atoms with Crippen LogP contribution in [-0.4, -0.2) is 24.3 Å². The number of anilines is 3. The van der Waals surface area contributed by atoms with Crippen LogP contribution in [0, 0.1) is 13.8 Å². The van der Waals surface area contributed by atoms with Gasteiger partial charge in [0.15, 0.2) is 0 Å². The Labute approximate surface area is 214 Å². The van der Waals surface area contributed by atoms with Crippen molar-refractivity contribution in [2.45, 2.75) is 59.2 Å². The second kappa shape index (κ2) is 14.1. The highest BCUT2D eigenvalue weighted by Gasteiger charge is 2.17. The quantitative estimate of drug-likeness (QED) is 0.101. The maximum absolute atomic E-state index is 12.3. The summed E-state index contributed by atoms with van der Waals surface area (Å²) in [5.41, 5.74) is 6.11. The van der Waals surface area contributed by atoms with Crippen molar-refractivity contribution in [3.8, 4) is 5.75 Å². The van der Waals surface area contributed by atoms with Crippen molar-refractivity contribution in [3.63, 3.8) is 0 Å². The van der Waals surface area contributed by atoms with E-state index >= 15 is 0 Å². The molecule has 0 spiro atoms. The molecule has 3 N–H and O–H groups in total. The Kier molecular flexibility index (Phi) is 10.6. The van der Waals surface area contributed by atoms with Crippen molar-refractivity contribution in [2.24, 2.45) is 0 Å². The van der Waals surface area contributed by atoms with E-state index in [4.69, 9.17) is 9.47 Å². The molecule has 7 nitrogen and oxygen atoms in total. The minimum atomic E-state index is -0.639. The maximum Gasteiger partial charge on any atom is 0.350 e. The van der Waals surface area contributed by atoms with Gasteiger partial charge in [-0.3, -0.25) is 10.1 Å². The summed E-state index contributed by atoms with van der Waals surface area (Å²) < 4.78 is 12.3. The number of carbonyl (C=O) groups is 1. The number of rotatable bonds is 13. The summed E-state index contributed by atoms with van der Waals surface area (Å²) in [4.78, 5) is 13.7. The number of unbranched alkanes of at least 4 members (excludes halogenated alkanes) is 3. The molecule has 0 radical (unpaired) electrons. The number of ether oxygens (including phenoxy) is 2. The predicted molar refractivity (Wildman–Crippen MR) is 144 cm³/mol. The normalized spacial score (nSPS) is 11.6. The molecule has 0 bridgehead atoms. The Morgan fingerprint density at radius 1 is 0.944 bits per heavy atom. The van der Waals surface area contributed by atoms with Gasteiger partial charge >= 0.3 is 6.03 Å². The fourth-order valence-electron chi connectivity index (χ4n) is 3.94. The molecular weight excluding hydrogens is 454 g/mol. The van der Waals surface area contributed by atoms with Crippen LogP contribution in [0.25, 0.3) is 0 Å². The van der Waals surface area contributed by atoms with Crippen LogP contribution in [-0.2, 0) is 4.74 Å². The van der Waals surface area contributed by atoms with Gasteiger partial charge in [-0.25, -0.2) is 10.3 Å². The number of hydrogen-bond acceptors (Lipinski definition) is 5. The molecule has 0 aromatic heterocycles. The summed E-state index contributed by atoms with van der Waals surface area (Å²) in [6, 6.07) is 22.0. The molecule has 1 atom stereocenters. The van der Waals surface area contributed by atoms with Crippen LogP contribution in [0.4, 0.5) is 21.9 Å². The van der Waals surface area contributed by atoms with E-state index in [-0.39, 0.29) is 13.0 Å². The molecule has 1 unspecified atom stereocenters. The van der Waals surface area contributed by atoms with E-state index in [0.29, 0.717) is 11.4 Å². The molecule has 3 aromatic carbocycles. The molecule has 0 saturated heterocycles. The van der Waals surface area contributed by atoms with E-state index in [1.807, 2.05) is 49.4 Å². The van der Waals surface area contributed by atoms with Gasteiger partial charge in [0.25, 0.3) is 0 Å². The third-order valence-corrected chi connectivity index (χ3v) is 5.87. The lowest BCUT2D eigenvalue weighted by Crippen LogP contribution is -2.34. The summed E-state index contributed by atoms with van der Waals surface area (Å²) in [7, 11) is 0. The molecule has 3 rings (SSSR count). The van der Waals surface area contributed by atoms with Gasteiger partial charge in [0.2, 0.25) is 6.29 Å². The van der Waals surface area contributed by atoms with Gasteiger partial charge in [0.1, 0.15) is 12.5 Å². The third kappa shape index (κ3) is 8.00. The van der Waals surface area contributed by atoms with Crippen LogP contribution in [0.1, 0.15) is 50.2 Å². The molecule has 0 aliphatic heterocycles. The zero-order valence-corrected chi connectivity index (χ0v) is 21.4. The molecule has 0 heterocycles. The van der Waals surface area contributed by atoms with Crippen LogP contribution in [0.3, 0.4) is 0 Å². The molecule has 192 valence electrons. The fourth-order valence-corrected chi connectivity index (χ4v) is 3.94. The highest BCUT2D eigenvalue weighted by molar-refractivity contribution is 5.98.